The van der Waals surface area contributed by atoms with Gasteiger partial charge in [-0.25, -0.2) is 0 Å². The molecule has 0 fully saturated rings. The van der Waals surface area contributed by atoms with Gasteiger partial charge in [0.05, 0.1) is 24.9 Å². The van der Waals surface area contributed by atoms with Crippen molar-refractivity contribution in [3.8, 4) is 5.75 Å². The van der Waals surface area contributed by atoms with Crippen LogP contribution in [0.4, 0.5) is 0 Å². The zero-order valence-corrected chi connectivity index (χ0v) is 21.2. The number of aliphatic hydroxyl groups excluding tert-OH is 1. The van der Waals surface area contributed by atoms with Gasteiger partial charge in [-0.05, 0) is 42.0 Å². The number of ether oxygens (including phenoxy) is 2. The van der Waals surface area contributed by atoms with Gasteiger partial charge in [0.25, 0.3) is 0 Å². The van der Waals surface area contributed by atoms with Crippen molar-refractivity contribution in [3.63, 3.8) is 0 Å². The Morgan fingerprint density at radius 2 is 1.54 bits per heavy atom. The summed E-state index contributed by atoms with van der Waals surface area (Å²) in [5.74, 6) is 0.809. The topological polar surface area (TPSA) is 59.8 Å². The largest absolute Gasteiger partial charge is 0.487 e. The van der Waals surface area contributed by atoms with Gasteiger partial charge in [0.1, 0.15) is 12.4 Å². The fraction of sp³-hybridized carbons (Fsp3) is 0.258. The van der Waals surface area contributed by atoms with E-state index >= 15 is 0 Å². The number of para-hydroxylation sites is 2. The third kappa shape index (κ3) is 6.17. The molecule has 0 saturated carbocycles. The summed E-state index contributed by atoms with van der Waals surface area (Å²) in [4.78, 5) is 6.54. The number of aliphatic hydroxyl groups is 1. The lowest BCUT2D eigenvalue weighted by atomic mass is 10.2. The quantitative estimate of drug-likeness (QED) is 0.255. The van der Waals surface area contributed by atoms with Gasteiger partial charge >= 0.3 is 0 Å². The fourth-order valence-corrected chi connectivity index (χ4v) is 4.81. The molecule has 0 aliphatic rings. The summed E-state index contributed by atoms with van der Waals surface area (Å²) in [5.41, 5.74) is 4.35. The molecule has 6 heteroatoms. The number of fused-ring (bicyclic) bond motifs is 3. The second-order valence-corrected chi connectivity index (χ2v) is 9.28. The molecule has 37 heavy (non-hydrogen) atoms. The van der Waals surface area contributed by atoms with Crippen LogP contribution in [0.1, 0.15) is 11.3 Å². The van der Waals surface area contributed by atoms with Crippen molar-refractivity contribution in [2.45, 2.75) is 25.8 Å². The summed E-state index contributed by atoms with van der Waals surface area (Å²) in [6, 6.07) is 30.7. The highest BCUT2D eigenvalue weighted by atomic mass is 16.5. The smallest absolute Gasteiger partial charge is 0.130 e. The van der Waals surface area contributed by atoms with Crippen LogP contribution in [0.15, 0.2) is 97.2 Å². The highest BCUT2D eigenvalue weighted by molar-refractivity contribution is 6.07. The Balaban J connectivity index is 1.25. The minimum absolute atomic E-state index is 0.440. The average molecular weight is 496 g/mol. The molecule has 2 aromatic heterocycles. The van der Waals surface area contributed by atoms with Crippen LogP contribution >= 0.6 is 0 Å². The predicted octanol–water partition coefficient (Wildman–Crippen LogP) is 5.28. The summed E-state index contributed by atoms with van der Waals surface area (Å²) in [6.07, 6.45) is 1.24. The normalized spacial score (nSPS) is 12.4. The molecule has 5 aromatic rings. The summed E-state index contributed by atoms with van der Waals surface area (Å²) in [6.45, 7) is 3.56. The van der Waals surface area contributed by atoms with Crippen molar-refractivity contribution < 1.29 is 14.6 Å². The number of nitrogens with zero attached hydrogens (tertiary/aromatic N) is 3. The molecule has 6 nitrogen and oxygen atoms in total. The van der Waals surface area contributed by atoms with E-state index in [1.165, 1.54) is 10.8 Å². The number of aromatic nitrogens is 2. The molecule has 0 amide bonds. The molecule has 0 aliphatic heterocycles. The first-order chi connectivity index (χ1) is 18.2. The van der Waals surface area contributed by atoms with Gasteiger partial charge < -0.3 is 19.1 Å². The summed E-state index contributed by atoms with van der Waals surface area (Å²) in [5, 5.41) is 13.6. The number of hydrogen-bond donors (Lipinski definition) is 1. The van der Waals surface area contributed by atoms with Crippen molar-refractivity contribution in [1.29, 1.82) is 0 Å². The third-order valence-corrected chi connectivity index (χ3v) is 6.60. The van der Waals surface area contributed by atoms with E-state index in [-0.39, 0.29) is 0 Å². The lowest BCUT2D eigenvalue weighted by Crippen LogP contribution is -2.36. The van der Waals surface area contributed by atoms with Crippen LogP contribution in [-0.2, 0) is 24.4 Å². The first-order valence-corrected chi connectivity index (χ1v) is 12.7. The monoisotopic (exact) mass is 495 g/mol. The van der Waals surface area contributed by atoms with Crippen molar-refractivity contribution in [2.75, 3.05) is 26.8 Å². The Hall–Kier alpha value is -3.71. The Morgan fingerprint density at radius 3 is 2.19 bits per heavy atom. The fourth-order valence-electron chi connectivity index (χ4n) is 4.81. The Bertz CT molecular complexity index is 1360. The van der Waals surface area contributed by atoms with E-state index in [2.05, 4.69) is 75.1 Å². The maximum atomic E-state index is 11.2. The molecule has 0 bridgehead atoms. The van der Waals surface area contributed by atoms with Crippen LogP contribution in [0, 0.1) is 0 Å². The van der Waals surface area contributed by atoms with E-state index in [9.17, 15) is 5.11 Å². The summed E-state index contributed by atoms with van der Waals surface area (Å²) in [7, 11) is 1.71. The van der Waals surface area contributed by atoms with E-state index in [1.807, 2.05) is 30.3 Å². The van der Waals surface area contributed by atoms with Gasteiger partial charge in [-0.3, -0.25) is 9.88 Å². The third-order valence-electron chi connectivity index (χ3n) is 6.60. The molecule has 1 N–H and O–H groups in total. The molecule has 0 aliphatic carbocycles. The Kier molecular flexibility index (Phi) is 8.11. The summed E-state index contributed by atoms with van der Waals surface area (Å²) < 4.78 is 13.5. The zero-order valence-electron chi connectivity index (χ0n) is 21.2. The molecular weight excluding hydrogens is 462 g/mol. The molecule has 0 spiro atoms. The van der Waals surface area contributed by atoms with Crippen LogP contribution in [-0.4, -0.2) is 52.5 Å². The molecular formula is C31H33N3O3. The number of benzene rings is 3. The van der Waals surface area contributed by atoms with Crippen molar-refractivity contribution >= 4 is 21.8 Å². The van der Waals surface area contributed by atoms with E-state index in [1.54, 1.807) is 13.3 Å². The van der Waals surface area contributed by atoms with Crippen LogP contribution in [0.25, 0.3) is 21.8 Å². The van der Waals surface area contributed by atoms with Crippen LogP contribution in [0.5, 0.6) is 5.75 Å². The van der Waals surface area contributed by atoms with Gasteiger partial charge in [0.15, 0.2) is 0 Å². The maximum absolute atomic E-state index is 11.2. The van der Waals surface area contributed by atoms with Crippen molar-refractivity contribution in [3.05, 3.63) is 108 Å². The van der Waals surface area contributed by atoms with Crippen LogP contribution < -0.4 is 4.74 Å². The second-order valence-electron chi connectivity index (χ2n) is 9.28. The molecule has 1 unspecified atom stereocenters. The minimum atomic E-state index is -0.531. The zero-order chi connectivity index (χ0) is 25.5. The number of hydrogen-bond acceptors (Lipinski definition) is 5. The lowest BCUT2D eigenvalue weighted by molar-refractivity contribution is 0.0768. The first kappa shape index (κ1) is 25.0. The molecule has 0 saturated heterocycles. The lowest BCUT2D eigenvalue weighted by Gasteiger charge is -2.25. The van der Waals surface area contributed by atoms with Gasteiger partial charge in [0, 0.05) is 54.7 Å². The molecule has 5 rings (SSSR count). The molecule has 3 aromatic carbocycles. The molecule has 1 atom stereocenters. The highest BCUT2D eigenvalue weighted by Crippen LogP contribution is 2.29. The number of pyridine rings is 1. The van der Waals surface area contributed by atoms with E-state index in [0.717, 1.165) is 34.6 Å². The Morgan fingerprint density at radius 1 is 0.865 bits per heavy atom. The standard InChI is InChI=1S/C31H33N3O3/c1-36-19-18-33(20-24-13-15-27(16-14-24)37-23-25-8-6-7-17-32-25)21-26(35)22-34-30-11-4-2-9-28(30)29-10-3-5-12-31(29)34/h2-17,26,35H,18-23H2,1H3. The number of rotatable bonds is 12. The first-order valence-electron chi connectivity index (χ1n) is 12.7. The highest BCUT2D eigenvalue weighted by Gasteiger charge is 2.17. The van der Waals surface area contributed by atoms with Crippen molar-refractivity contribution in [1.82, 2.24) is 14.5 Å². The molecule has 190 valence electrons. The maximum Gasteiger partial charge on any atom is 0.130 e. The number of methoxy groups -OCH3 is 1. The SMILES string of the molecule is COCCN(Cc1ccc(OCc2ccccn2)cc1)CC(O)Cn1c2ccccc2c2ccccc21. The van der Waals surface area contributed by atoms with Crippen molar-refractivity contribution in [2.24, 2.45) is 0 Å². The van der Waals surface area contributed by atoms with Gasteiger partial charge in [-0.1, -0.05) is 54.6 Å². The van der Waals surface area contributed by atoms with Gasteiger partial charge in [-0.2, -0.15) is 0 Å². The van der Waals surface area contributed by atoms with E-state index < -0.39 is 6.10 Å². The minimum Gasteiger partial charge on any atom is -0.487 e. The van der Waals surface area contributed by atoms with Crippen LogP contribution in [0.3, 0.4) is 0 Å². The van der Waals surface area contributed by atoms with E-state index in [4.69, 9.17) is 9.47 Å². The van der Waals surface area contributed by atoms with Gasteiger partial charge in [0.2, 0.25) is 0 Å². The second kappa shape index (κ2) is 12.0. The van der Waals surface area contributed by atoms with E-state index in [0.29, 0.717) is 32.8 Å². The molecule has 0 radical (unpaired) electrons. The molecule has 2 heterocycles. The Labute approximate surface area is 217 Å². The predicted molar refractivity (Wildman–Crippen MR) is 148 cm³/mol. The summed E-state index contributed by atoms with van der Waals surface area (Å²) >= 11 is 0. The average Bonchev–Trinajstić information content (AvgIpc) is 3.25. The van der Waals surface area contributed by atoms with Gasteiger partial charge in [-0.15, -0.1) is 0 Å². The van der Waals surface area contributed by atoms with Crippen LogP contribution in [0.2, 0.25) is 0 Å².